The number of aromatic nitrogens is 5. The highest BCUT2D eigenvalue weighted by molar-refractivity contribution is 5.95. The van der Waals surface area contributed by atoms with Gasteiger partial charge in [-0.1, -0.05) is 26.8 Å². The Hall–Kier alpha value is -6.02. The Labute approximate surface area is 383 Å². The minimum Gasteiger partial charge on any atom is -0.464 e. The van der Waals surface area contributed by atoms with Crippen LogP contribution in [0.25, 0.3) is 33.4 Å². The topological polar surface area (TPSA) is 196 Å². The van der Waals surface area contributed by atoms with Crippen molar-refractivity contribution in [3.63, 3.8) is 0 Å². The van der Waals surface area contributed by atoms with Crippen LogP contribution < -0.4 is 16.1 Å². The SMILES string of the molecule is C[C@@H]1[C@@H](C(=O)N[C@@H]2C(=O)N3CCC[C@H](N3)C(=O)OCC(C)(C)Cc3c(-c4cccnc4)n([C@@H]4CC[C@@H](C#N)C4)c4ccc(cc34)-c3coc(n3)[C@H]2N2CC3(CCCN3)C2)[C@@H]1c1ccncn1. The zero-order chi connectivity index (χ0) is 45.3. The molecular formula is C50H57N11O5. The molecular weight excluding hydrogens is 835 g/mol. The van der Waals surface area contributed by atoms with E-state index in [1.165, 1.54) is 11.3 Å². The number of likely N-dealkylation sites (tertiary alicyclic amines) is 1. The maximum Gasteiger partial charge on any atom is 0.324 e. The average Bonchev–Trinajstić information content (AvgIpc) is 3.93. The first-order valence-corrected chi connectivity index (χ1v) is 23.7. The smallest absolute Gasteiger partial charge is 0.324 e. The fourth-order valence-corrected chi connectivity index (χ4v) is 11.9. The van der Waals surface area contributed by atoms with Crippen LogP contribution in [-0.4, -0.2) is 103 Å². The standard InChI is InChI=1S/C50H57N11O5/c1-29-40(36-13-17-53-28-54-36)41(29)45(62)57-42-44(59-25-50(26-59)14-6-16-55-50)46-56-38(24-65-46)31-10-12-39-34(20-31)35(21-49(2,3)27-66-48(64)37-8-5-18-60(58-37)47(42)63)43(32-7-4-15-52-23-32)61(39)33-11-9-30(19-33)22-51/h4,7,10,12-13,15,17,20,23-24,28-30,33,37,40-42,44,55,58H,5-6,8-9,11,14,16,18-19,21,25-27H2,1-3H3,(H,57,62)/t29-,30+,33+,37-,40-,41+,42-,44-/m0/s1. The van der Waals surface area contributed by atoms with E-state index in [4.69, 9.17) is 14.1 Å². The average molecular weight is 892 g/mol. The van der Waals surface area contributed by atoms with Gasteiger partial charge in [-0.2, -0.15) is 5.26 Å². The lowest BCUT2D eigenvalue weighted by Crippen LogP contribution is -2.70. The minimum absolute atomic E-state index is 0.00210. The van der Waals surface area contributed by atoms with Crippen LogP contribution in [0.4, 0.5) is 0 Å². The number of nitriles is 1. The molecule has 6 aliphatic rings. The second-order valence-corrected chi connectivity index (χ2v) is 20.5. The third kappa shape index (κ3) is 7.64. The van der Waals surface area contributed by atoms with E-state index in [1.54, 1.807) is 18.7 Å². The highest BCUT2D eigenvalue weighted by atomic mass is 16.5. The number of esters is 1. The molecule has 342 valence electrons. The first kappa shape index (κ1) is 42.6. The molecule has 3 saturated heterocycles. The van der Waals surface area contributed by atoms with Crippen LogP contribution in [0.3, 0.4) is 0 Å². The summed E-state index contributed by atoms with van der Waals surface area (Å²) in [6.07, 6.45) is 14.7. The largest absolute Gasteiger partial charge is 0.464 e. The lowest BCUT2D eigenvalue weighted by Gasteiger charge is -2.52. The molecule has 3 N–H and O–H groups in total. The number of oxazole rings is 1. The molecule has 0 unspecified atom stereocenters. The van der Waals surface area contributed by atoms with Gasteiger partial charge in [0.1, 0.15) is 36.4 Å². The second-order valence-electron chi connectivity index (χ2n) is 20.5. The van der Waals surface area contributed by atoms with E-state index in [1.807, 2.05) is 25.3 Å². The molecule has 2 aliphatic carbocycles. The number of rotatable bonds is 6. The van der Waals surface area contributed by atoms with Crippen molar-refractivity contribution in [1.82, 2.24) is 50.5 Å². The number of hydrazine groups is 1. The Morgan fingerprint density at radius 3 is 2.68 bits per heavy atom. The Morgan fingerprint density at radius 2 is 1.92 bits per heavy atom. The number of cyclic esters (lactones) is 1. The van der Waals surface area contributed by atoms with Crippen molar-refractivity contribution in [2.24, 2.45) is 23.2 Å². The predicted octanol–water partition coefficient (Wildman–Crippen LogP) is 5.65. The van der Waals surface area contributed by atoms with Crippen LogP contribution >= 0.6 is 0 Å². The first-order valence-electron chi connectivity index (χ1n) is 23.7. The summed E-state index contributed by atoms with van der Waals surface area (Å²) in [7, 11) is 0. The van der Waals surface area contributed by atoms with E-state index >= 15 is 4.79 Å². The van der Waals surface area contributed by atoms with Gasteiger partial charge in [0.25, 0.3) is 5.91 Å². The number of benzene rings is 1. The summed E-state index contributed by atoms with van der Waals surface area (Å²) in [5.74, 6) is -1.27. The molecule has 0 radical (unpaired) electrons. The van der Waals surface area contributed by atoms with Crippen molar-refractivity contribution in [1.29, 1.82) is 5.26 Å². The number of pyridine rings is 1. The van der Waals surface area contributed by atoms with Crippen LogP contribution in [0.15, 0.2) is 72.0 Å². The maximum atomic E-state index is 15.2. The Morgan fingerprint density at radius 1 is 1.05 bits per heavy atom. The zero-order valence-corrected chi connectivity index (χ0v) is 37.8. The third-order valence-corrected chi connectivity index (χ3v) is 15.3. The van der Waals surface area contributed by atoms with Crippen LogP contribution in [0.2, 0.25) is 0 Å². The summed E-state index contributed by atoms with van der Waals surface area (Å²) in [4.78, 5) is 64.4. The van der Waals surface area contributed by atoms with E-state index in [9.17, 15) is 14.9 Å². The monoisotopic (exact) mass is 891 g/mol. The summed E-state index contributed by atoms with van der Waals surface area (Å²) in [6.45, 7) is 8.94. The van der Waals surface area contributed by atoms with Gasteiger partial charge in [-0.3, -0.25) is 29.3 Å². The third-order valence-electron chi connectivity index (χ3n) is 15.3. The summed E-state index contributed by atoms with van der Waals surface area (Å²) >= 11 is 0. The summed E-state index contributed by atoms with van der Waals surface area (Å²) in [6, 6.07) is 12.2. The molecule has 5 fully saturated rings. The molecule has 4 aromatic heterocycles. The molecule has 16 heteroatoms. The van der Waals surface area contributed by atoms with Gasteiger partial charge in [0.05, 0.1) is 18.4 Å². The van der Waals surface area contributed by atoms with Crippen LogP contribution in [-0.2, 0) is 25.5 Å². The van der Waals surface area contributed by atoms with Gasteiger partial charge in [-0.15, -0.1) is 0 Å². The van der Waals surface area contributed by atoms with Crippen molar-refractivity contribution in [3.8, 4) is 28.6 Å². The van der Waals surface area contributed by atoms with Crippen LogP contribution in [0.5, 0.6) is 0 Å². The molecule has 1 spiro atoms. The number of amides is 2. The minimum atomic E-state index is -1.12. The lowest BCUT2D eigenvalue weighted by atomic mass is 9.84. The molecule has 2 saturated carbocycles. The van der Waals surface area contributed by atoms with Gasteiger partial charge in [0.2, 0.25) is 11.8 Å². The van der Waals surface area contributed by atoms with Crippen molar-refractivity contribution >= 4 is 28.7 Å². The normalized spacial score (nSPS) is 29.5. The number of carbonyl (C=O) groups is 3. The number of fused-ring (bicyclic) bond motifs is 6. The molecule has 2 amide bonds. The fraction of sp³-hybridized carbons (Fsp3) is 0.520. The first-order chi connectivity index (χ1) is 32.0. The van der Waals surface area contributed by atoms with E-state index in [0.29, 0.717) is 50.5 Å². The molecule has 6 bridgehead atoms. The van der Waals surface area contributed by atoms with Gasteiger partial charge >= 0.3 is 5.97 Å². The van der Waals surface area contributed by atoms with E-state index in [0.717, 1.165) is 77.6 Å². The molecule has 4 aliphatic heterocycles. The Balaban J connectivity index is 1.05. The number of nitrogens with one attached hydrogen (secondary N) is 3. The summed E-state index contributed by atoms with van der Waals surface area (Å²) in [5.41, 5.74) is 9.04. The number of nitrogens with zero attached hydrogens (tertiary/aromatic N) is 8. The van der Waals surface area contributed by atoms with Gasteiger partial charge in [0.15, 0.2) is 0 Å². The lowest BCUT2D eigenvalue weighted by molar-refractivity contribution is -0.156. The number of hydrogen-bond donors (Lipinski definition) is 3. The van der Waals surface area contributed by atoms with Crippen molar-refractivity contribution in [2.75, 3.05) is 32.8 Å². The second kappa shape index (κ2) is 16.7. The highest BCUT2D eigenvalue weighted by Crippen LogP contribution is 2.53. The number of hydrogen-bond acceptors (Lipinski definition) is 13. The Bertz CT molecular complexity index is 2700. The molecule has 66 heavy (non-hydrogen) atoms. The molecule has 5 aromatic rings. The number of ether oxygens (including phenoxy) is 1. The van der Waals surface area contributed by atoms with Crippen LogP contribution in [0.1, 0.15) is 101 Å². The predicted molar refractivity (Wildman–Crippen MR) is 243 cm³/mol. The number of carbonyl (C=O) groups excluding carboxylic acids is 3. The summed E-state index contributed by atoms with van der Waals surface area (Å²) < 4.78 is 15.1. The molecule has 1 aromatic carbocycles. The zero-order valence-electron chi connectivity index (χ0n) is 37.8. The highest BCUT2D eigenvalue weighted by Gasteiger charge is 2.56. The maximum absolute atomic E-state index is 15.2. The van der Waals surface area contributed by atoms with Gasteiger partial charge < -0.3 is 24.4 Å². The molecule has 8 heterocycles. The van der Waals surface area contributed by atoms with Crippen molar-refractivity contribution < 1.29 is 23.5 Å². The van der Waals surface area contributed by atoms with E-state index in [2.05, 4.69) is 84.7 Å². The van der Waals surface area contributed by atoms with Crippen LogP contribution in [0, 0.1) is 34.5 Å². The van der Waals surface area contributed by atoms with Gasteiger partial charge in [0, 0.05) is 101 Å². The van der Waals surface area contributed by atoms with Gasteiger partial charge in [-0.25, -0.2) is 20.4 Å². The molecule has 11 rings (SSSR count). The fourth-order valence-electron chi connectivity index (χ4n) is 11.9. The van der Waals surface area contributed by atoms with Crippen molar-refractivity contribution in [2.45, 2.75) is 108 Å². The van der Waals surface area contributed by atoms with Gasteiger partial charge in [-0.05, 0) is 99.7 Å². The van der Waals surface area contributed by atoms with E-state index in [-0.39, 0.29) is 47.8 Å². The molecule has 16 nitrogen and oxygen atoms in total. The van der Waals surface area contributed by atoms with E-state index < -0.39 is 35.4 Å². The molecule has 8 atom stereocenters. The van der Waals surface area contributed by atoms with Crippen molar-refractivity contribution in [3.05, 3.63) is 84.7 Å². The Kier molecular flexibility index (Phi) is 10.8. The summed E-state index contributed by atoms with van der Waals surface area (Å²) in [5, 5.41) is 19.5. The quantitative estimate of drug-likeness (QED) is 0.177.